The maximum atomic E-state index is 12.9. The number of carbonyl (C=O) groups is 1. The Morgan fingerprint density at radius 2 is 2.16 bits per heavy atom. The number of likely N-dealkylation sites (tertiary alicyclic amines) is 1. The molecule has 6 heteroatoms. The van der Waals surface area contributed by atoms with Gasteiger partial charge in [0.05, 0.1) is 11.9 Å². The fraction of sp³-hybridized carbons (Fsp3) is 0.538. The highest BCUT2D eigenvalue weighted by atomic mass is 79.9. The van der Waals surface area contributed by atoms with Crippen molar-refractivity contribution in [3.63, 3.8) is 0 Å². The van der Waals surface area contributed by atoms with E-state index in [1.54, 1.807) is 4.90 Å². The molecule has 2 rings (SSSR count). The van der Waals surface area contributed by atoms with E-state index in [1.807, 2.05) is 20.8 Å². The molecule has 0 aliphatic carbocycles. The molecular weight excluding hydrogens is 315 g/mol. The molecule has 0 N–H and O–H groups in total. The summed E-state index contributed by atoms with van der Waals surface area (Å²) in [6.45, 7) is 6.60. The van der Waals surface area contributed by atoms with E-state index < -0.39 is 5.60 Å². The Bertz CT molecular complexity index is 496. The predicted octanol–water partition coefficient (Wildman–Crippen LogP) is 3.32. The molecule has 1 amide bonds. The molecule has 19 heavy (non-hydrogen) atoms. The van der Waals surface area contributed by atoms with Crippen LogP contribution in [0.1, 0.15) is 32.4 Å². The van der Waals surface area contributed by atoms with Crippen molar-refractivity contribution in [3.8, 4) is 0 Å². The van der Waals surface area contributed by atoms with E-state index in [9.17, 15) is 9.18 Å². The third-order valence-corrected chi connectivity index (χ3v) is 3.39. The molecule has 2 heterocycles. The summed E-state index contributed by atoms with van der Waals surface area (Å²) in [4.78, 5) is 17.5. The summed E-state index contributed by atoms with van der Waals surface area (Å²) in [5.74, 6) is -0.249. The normalized spacial score (nSPS) is 16.2. The molecule has 1 aliphatic rings. The molecule has 1 fully saturated rings. The van der Waals surface area contributed by atoms with Crippen molar-refractivity contribution in [3.05, 3.63) is 28.2 Å². The minimum Gasteiger partial charge on any atom is -0.444 e. The van der Waals surface area contributed by atoms with E-state index >= 15 is 0 Å². The van der Waals surface area contributed by atoms with Gasteiger partial charge in [0.15, 0.2) is 0 Å². The number of hydrogen-bond acceptors (Lipinski definition) is 3. The molecule has 1 aliphatic heterocycles. The molecule has 0 aromatic carbocycles. The van der Waals surface area contributed by atoms with Crippen LogP contribution >= 0.6 is 15.9 Å². The first-order valence-corrected chi connectivity index (χ1v) is 6.84. The minimum absolute atomic E-state index is 0.127. The molecule has 4 nitrogen and oxygen atoms in total. The van der Waals surface area contributed by atoms with Gasteiger partial charge in [0, 0.05) is 23.5 Å². The average Bonchev–Trinajstić information content (AvgIpc) is 2.16. The van der Waals surface area contributed by atoms with Crippen LogP contribution in [0.25, 0.3) is 0 Å². The zero-order valence-electron chi connectivity index (χ0n) is 11.1. The van der Waals surface area contributed by atoms with Crippen molar-refractivity contribution in [2.45, 2.75) is 32.3 Å². The highest BCUT2D eigenvalue weighted by Gasteiger charge is 2.36. The topological polar surface area (TPSA) is 42.4 Å². The van der Waals surface area contributed by atoms with Gasteiger partial charge in [-0.15, -0.1) is 0 Å². The van der Waals surface area contributed by atoms with Gasteiger partial charge in [-0.1, -0.05) is 0 Å². The van der Waals surface area contributed by atoms with Crippen molar-refractivity contribution in [1.29, 1.82) is 0 Å². The first kappa shape index (κ1) is 14.2. The average molecular weight is 331 g/mol. The second-order valence-electron chi connectivity index (χ2n) is 5.60. The van der Waals surface area contributed by atoms with Crippen LogP contribution < -0.4 is 0 Å². The maximum Gasteiger partial charge on any atom is 0.410 e. The number of ether oxygens (including phenoxy) is 1. The summed E-state index contributed by atoms with van der Waals surface area (Å²) < 4.78 is 18.9. The number of amides is 1. The van der Waals surface area contributed by atoms with Crippen LogP contribution in [0.5, 0.6) is 0 Å². The second-order valence-corrected chi connectivity index (χ2v) is 6.46. The van der Waals surface area contributed by atoms with Crippen LogP contribution in [-0.4, -0.2) is 34.7 Å². The van der Waals surface area contributed by atoms with E-state index in [4.69, 9.17) is 4.74 Å². The van der Waals surface area contributed by atoms with Gasteiger partial charge in [-0.05, 0) is 42.8 Å². The van der Waals surface area contributed by atoms with Crippen LogP contribution in [0, 0.1) is 5.82 Å². The lowest BCUT2D eigenvalue weighted by Crippen LogP contribution is -2.50. The third-order valence-electron chi connectivity index (χ3n) is 2.76. The van der Waals surface area contributed by atoms with Crippen LogP contribution in [0.3, 0.4) is 0 Å². The van der Waals surface area contributed by atoms with Crippen molar-refractivity contribution < 1.29 is 13.9 Å². The SMILES string of the molecule is CC(C)(C)OC(=O)N1CC(c2ncc(F)cc2Br)C1. The Balaban J connectivity index is 1.94. The van der Waals surface area contributed by atoms with Crippen LogP contribution in [0.2, 0.25) is 0 Å². The summed E-state index contributed by atoms with van der Waals surface area (Å²) in [7, 11) is 0. The molecule has 0 bridgehead atoms. The summed E-state index contributed by atoms with van der Waals surface area (Å²) in [5.41, 5.74) is 0.290. The number of nitrogens with zero attached hydrogens (tertiary/aromatic N) is 2. The molecule has 0 unspecified atom stereocenters. The number of pyridine rings is 1. The number of aromatic nitrogens is 1. The number of rotatable bonds is 1. The van der Waals surface area contributed by atoms with Gasteiger partial charge in [0.1, 0.15) is 11.4 Å². The third kappa shape index (κ3) is 3.43. The number of carbonyl (C=O) groups excluding carboxylic acids is 1. The lowest BCUT2D eigenvalue weighted by Gasteiger charge is -2.39. The summed E-state index contributed by atoms with van der Waals surface area (Å²) in [6, 6.07) is 1.39. The summed E-state index contributed by atoms with van der Waals surface area (Å²) in [6.07, 6.45) is 0.873. The van der Waals surface area contributed by atoms with Crippen LogP contribution in [-0.2, 0) is 4.74 Å². The number of hydrogen-bond donors (Lipinski definition) is 0. The molecule has 1 aromatic rings. The Hall–Kier alpha value is -1.17. The van der Waals surface area contributed by atoms with Crippen LogP contribution in [0.15, 0.2) is 16.7 Å². The van der Waals surface area contributed by atoms with Gasteiger partial charge in [-0.2, -0.15) is 0 Å². The van der Waals surface area contributed by atoms with Gasteiger partial charge in [-0.3, -0.25) is 4.98 Å². The number of halogens is 2. The van der Waals surface area contributed by atoms with Gasteiger partial charge in [-0.25, -0.2) is 9.18 Å². The van der Waals surface area contributed by atoms with E-state index in [0.29, 0.717) is 17.6 Å². The van der Waals surface area contributed by atoms with Crippen LogP contribution in [0.4, 0.5) is 9.18 Å². The fourth-order valence-electron chi connectivity index (χ4n) is 1.85. The van der Waals surface area contributed by atoms with Crippen molar-refractivity contribution in [2.24, 2.45) is 0 Å². The highest BCUT2D eigenvalue weighted by Crippen LogP contribution is 2.31. The van der Waals surface area contributed by atoms with Crippen molar-refractivity contribution >= 4 is 22.0 Å². The zero-order valence-corrected chi connectivity index (χ0v) is 12.7. The minimum atomic E-state index is -0.489. The summed E-state index contributed by atoms with van der Waals surface area (Å²) >= 11 is 3.29. The van der Waals surface area contributed by atoms with Gasteiger partial charge in [0.25, 0.3) is 0 Å². The Kier molecular flexibility index (Phi) is 3.80. The van der Waals surface area contributed by atoms with Crippen molar-refractivity contribution in [1.82, 2.24) is 9.88 Å². The van der Waals surface area contributed by atoms with Gasteiger partial charge < -0.3 is 9.64 Å². The predicted molar refractivity (Wildman–Crippen MR) is 72.4 cm³/mol. The molecular formula is C13H16BrFN2O2. The summed E-state index contributed by atoms with van der Waals surface area (Å²) in [5, 5.41) is 0. The Morgan fingerprint density at radius 1 is 1.53 bits per heavy atom. The monoisotopic (exact) mass is 330 g/mol. The molecule has 104 valence electrons. The second kappa shape index (κ2) is 5.07. The lowest BCUT2D eigenvalue weighted by molar-refractivity contribution is 0.00780. The van der Waals surface area contributed by atoms with E-state index in [2.05, 4.69) is 20.9 Å². The smallest absolute Gasteiger partial charge is 0.410 e. The fourth-order valence-corrected chi connectivity index (χ4v) is 2.50. The quantitative estimate of drug-likeness (QED) is 0.793. The first-order chi connectivity index (χ1) is 8.76. The molecule has 1 saturated heterocycles. The molecule has 0 radical (unpaired) electrons. The molecule has 0 atom stereocenters. The Morgan fingerprint density at radius 3 is 2.68 bits per heavy atom. The van der Waals surface area contributed by atoms with Crippen molar-refractivity contribution in [2.75, 3.05) is 13.1 Å². The molecule has 0 spiro atoms. The first-order valence-electron chi connectivity index (χ1n) is 6.05. The van der Waals surface area contributed by atoms with E-state index in [0.717, 1.165) is 5.69 Å². The Labute approximate surface area is 120 Å². The highest BCUT2D eigenvalue weighted by molar-refractivity contribution is 9.10. The molecule has 0 saturated carbocycles. The van der Waals surface area contributed by atoms with E-state index in [-0.39, 0.29) is 17.8 Å². The van der Waals surface area contributed by atoms with Gasteiger partial charge >= 0.3 is 6.09 Å². The largest absolute Gasteiger partial charge is 0.444 e. The maximum absolute atomic E-state index is 12.9. The van der Waals surface area contributed by atoms with Gasteiger partial charge in [0.2, 0.25) is 0 Å². The molecule has 1 aromatic heterocycles. The van der Waals surface area contributed by atoms with E-state index in [1.165, 1.54) is 12.3 Å². The zero-order chi connectivity index (χ0) is 14.2. The lowest BCUT2D eigenvalue weighted by atomic mass is 9.96. The standard InChI is InChI=1S/C13H16BrFN2O2/c1-13(2,3)19-12(18)17-6-8(7-17)11-10(14)4-9(15)5-16-11/h4-5,8H,6-7H2,1-3H3.